The normalized spacial score (nSPS) is 24.5. The second kappa shape index (κ2) is 9.87. The number of rotatable bonds is 5. The van der Waals surface area contributed by atoms with Crippen LogP contribution in [-0.4, -0.2) is 67.0 Å². The fraction of sp³-hybridized carbons (Fsp3) is 0.889. The molecule has 0 bridgehead atoms. The average Bonchev–Trinajstić information content (AvgIpc) is 2.86. The molecule has 0 spiro atoms. The quantitative estimate of drug-likeness (QED) is 0.570. The van der Waals surface area contributed by atoms with Gasteiger partial charge in [-0.05, 0) is 66.0 Å². The number of ether oxygens (including phenoxy) is 1. The number of carbonyl (C=O) groups is 1. The Morgan fingerprint density at radius 2 is 1.79 bits per heavy atom. The van der Waals surface area contributed by atoms with Crippen molar-refractivity contribution < 1.29 is 14.4 Å². The Bertz CT molecular complexity index is 420. The minimum absolute atomic E-state index is 0.153. The van der Waals surface area contributed by atoms with Crippen LogP contribution in [0.1, 0.15) is 52.9 Å². The summed E-state index contributed by atoms with van der Waals surface area (Å²) in [7, 11) is 0. The molecule has 0 aromatic heterocycles. The summed E-state index contributed by atoms with van der Waals surface area (Å²) >= 11 is 0. The maximum Gasteiger partial charge on any atom is 0.409 e. The molecule has 0 saturated carbocycles. The summed E-state index contributed by atoms with van der Waals surface area (Å²) in [6.45, 7) is 10.9. The van der Waals surface area contributed by atoms with Crippen LogP contribution >= 0.6 is 0 Å². The maximum absolute atomic E-state index is 11.9. The summed E-state index contributed by atoms with van der Waals surface area (Å²) in [4.78, 5) is 21.6. The Kier molecular flexibility index (Phi) is 7.82. The molecule has 0 radical (unpaired) electrons. The van der Waals surface area contributed by atoms with E-state index in [1.54, 1.807) is 0 Å². The number of piperidine rings is 1. The largest absolute Gasteiger partial charge is 0.450 e. The minimum atomic E-state index is -0.153. The van der Waals surface area contributed by atoms with Gasteiger partial charge in [0.15, 0.2) is 0 Å². The highest BCUT2D eigenvalue weighted by Crippen LogP contribution is 2.25. The lowest BCUT2D eigenvalue weighted by Crippen LogP contribution is -2.43. The molecule has 2 rings (SSSR count). The molecule has 6 nitrogen and oxygen atoms in total. The number of nitrogens with zero attached hydrogens (tertiary/aromatic N) is 3. The molecule has 1 amide bonds. The van der Waals surface area contributed by atoms with Gasteiger partial charge in [-0.25, -0.2) is 4.79 Å². The van der Waals surface area contributed by atoms with Gasteiger partial charge in [-0.3, -0.25) is 0 Å². The highest BCUT2D eigenvalue weighted by molar-refractivity contribution is 5.83. The van der Waals surface area contributed by atoms with Crippen LogP contribution in [0.4, 0.5) is 4.79 Å². The van der Waals surface area contributed by atoms with Gasteiger partial charge in [0, 0.05) is 25.0 Å². The van der Waals surface area contributed by atoms with E-state index >= 15 is 0 Å². The Hall–Kier alpha value is -1.30. The predicted molar refractivity (Wildman–Crippen MR) is 95.3 cm³/mol. The standard InChI is InChI=1S/C18H33N3O3/c1-4-23-18(22)21-11-6-7-17(10-14-21)20-12-8-16(9-13-20)15(3)19-24-5-2/h16-17H,4-14H2,1-3H3. The molecule has 1 atom stereocenters. The van der Waals surface area contributed by atoms with Crippen molar-refractivity contribution in [2.75, 3.05) is 39.4 Å². The van der Waals surface area contributed by atoms with E-state index < -0.39 is 0 Å². The Morgan fingerprint density at radius 3 is 2.46 bits per heavy atom. The van der Waals surface area contributed by atoms with Crippen LogP contribution in [0, 0.1) is 5.92 Å². The van der Waals surface area contributed by atoms with Crippen molar-refractivity contribution in [3.63, 3.8) is 0 Å². The van der Waals surface area contributed by atoms with Crippen molar-refractivity contribution in [1.82, 2.24) is 9.80 Å². The van der Waals surface area contributed by atoms with Crippen molar-refractivity contribution in [3.8, 4) is 0 Å². The summed E-state index contributed by atoms with van der Waals surface area (Å²) in [5.41, 5.74) is 1.13. The number of hydrogen-bond acceptors (Lipinski definition) is 5. The lowest BCUT2D eigenvalue weighted by molar-refractivity contribution is 0.105. The molecular weight excluding hydrogens is 306 g/mol. The number of amides is 1. The van der Waals surface area contributed by atoms with Crippen molar-refractivity contribution in [3.05, 3.63) is 0 Å². The number of carbonyl (C=O) groups excluding carboxylic acids is 1. The number of oxime groups is 1. The molecule has 6 heteroatoms. The van der Waals surface area contributed by atoms with Gasteiger partial charge in [0.05, 0.1) is 12.3 Å². The number of hydrogen-bond donors (Lipinski definition) is 0. The Labute approximate surface area is 146 Å². The van der Waals surface area contributed by atoms with Crippen molar-refractivity contribution >= 4 is 11.8 Å². The van der Waals surface area contributed by atoms with E-state index in [0.717, 1.165) is 57.6 Å². The van der Waals surface area contributed by atoms with Gasteiger partial charge in [-0.1, -0.05) is 5.16 Å². The molecule has 2 heterocycles. The van der Waals surface area contributed by atoms with Crippen molar-refractivity contribution in [2.24, 2.45) is 11.1 Å². The van der Waals surface area contributed by atoms with Crippen LogP contribution in [0.15, 0.2) is 5.16 Å². The third-order valence-electron chi connectivity index (χ3n) is 5.20. The zero-order chi connectivity index (χ0) is 17.4. The molecule has 2 aliphatic rings. The second-order valence-electron chi connectivity index (χ2n) is 6.73. The lowest BCUT2D eigenvalue weighted by atomic mass is 9.91. The summed E-state index contributed by atoms with van der Waals surface area (Å²) in [6, 6.07) is 0.592. The van der Waals surface area contributed by atoms with Gasteiger partial charge >= 0.3 is 6.09 Å². The highest BCUT2D eigenvalue weighted by Gasteiger charge is 2.29. The van der Waals surface area contributed by atoms with Crippen LogP contribution in [0.5, 0.6) is 0 Å². The molecule has 2 fully saturated rings. The van der Waals surface area contributed by atoms with E-state index in [2.05, 4.69) is 17.0 Å². The third-order valence-corrected chi connectivity index (χ3v) is 5.20. The highest BCUT2D eigenvalue weighted by atomic mass is 16.6. The molecule has 0 aromatic rings. The molecule has 1 unspecified atom stereocenters. The van der Waals surface area contributed by atoms with E-state index in [1.807, 2.05) is 18.7 Å². The van der Waals surface area contributed by atoms with Crippen LogP contribution in [0.25, 0.3) is 0 Å². The molecule has 0 N–H and O–H groups in total. The first-order valence-corrected chi connectivity index (χ1v) is 9.47. The van der Waals surface area contributed by atoms with Crippen LogP contribution in [-0.2, 0) is 9.57 Å². The van der Waals surface area contributed by atoms with Crippen LogP contribution in [0.2, 0.25) is 0 Å². The van der Waals surface area contributed by atoms with Crippen LogP contribution in [0.3, 0.4) is 0 Å². The maximum atomic E-state index is 11.9. The van der Waals surface area contributed by atoms with Gasteiger partial charge < -0.3 is 19.4 Å². The molecule has 0 aliphatic carbocycles. The monoisotopic (exact) mass is 339 g/mol. The first-order valence-electron chi connectivity index (χ1n) is 9.47. The fourth-order valence-corrected chi connectivity index (χ4v) is 3.76. The molecule has 2 saturated heterocycles. The SMILES string of the molecule is CCON=C(C)C1CCN(C2CCCN(C(=O)OCC)CC2)CC1. The van der Waals surface area contributed by atoms with Crippen LogP contribution < -0.4 is 0 Å². The smallest absolute Gasteiger partial charge is 0.409 e. The topological polar surface area (TPSA) is 54.4 Å². The molecule has 2 aliphatic heterocycles. The fourth-order valence-electron chi connectivity index (χ4n) is 3.76. The number of likely N-dealkylation sites (tertiary alicyclic amines) is 2. The van der Waals surface area contributed by atoms with Crippen molar-refractivity contribution in [2.45, 2.75) is 58.9 Å². The average molecular weight is 339 g/mol. The summed E-state index contributed by atoms with van der Waals surface area (Å²) in [5, 5.41) is 4.21. The lowest BCUT2D eigenvalue weighted by Gasteiger charge is -2.37. The van der Waals surface area contributed by atoms with Gasteiger partial charge in [0.25, 0.3) is 0 Å². The summed E-state index contributed by atoms with van der Waals surface area (Å²) < 4.78 is 5.14. The zero-order valence-corrected chi connectivity index (χ0v) is 15.5. The Balaban J connectivity index is 1.79. The van der Waals surface area contributed by atoms with E-state index in [0.29, 0.717) is 25.2 Å². The minimum Gasteiger partial charge on any atom is -0.450 e. The van der Waals surface area contributed by atoms with E-state index in [4.69, 9.17) is 9.57 Å². The molecule has 24 heavy (non-hydrogen) atoms. The predicted octanol–water partition coefficient (Wildman–Crippen LogP) is 3.12. The van der Waals surface area contributed by atoms with E-state index in [1.165, 1.54) is 6.42 Å². The first-order chi connectivity index (χ1) is 11.7. The van der Waals surface area contributed by atoms with Crippen molar-refractivity contribution in [1.29, 1.82) is 0 Å². The summed E-state index contributed by atoms with van der Waals surface area (Å²) in [5.74, 6) is 0.551. The summed E-state index contributed by atoms with van der Waals surface area (Å²) in [6.07, 6.45) is 5.44. The van der Waals surface area contributed by atoms with E-state index in [9.17, 15) is 4.79 Å². The second-order valence-corrected chi connectivity index (χ2v) is 6.73. The van der Waals surface area contributed by atoms with Gasteiger partial charge in [-0.2, -0.15) is 0 Å². The van der Waals surface area contributed by atoms with E-state index in [-0.39, 0.29) is 6.09 Å². The molecule has 138 valence electrons. The Morgan fingerprint density at radius 1 is 1.04 bits per heavy atom. The van der Waals surface area contributed by atoms with Gasteiger partial charge in [-0.15, -0.1) is 0 Å². The molecular formula is C18H33N3O3. The van der Waals surface area contributed by atoms with Gasteiger partial charge in [0.1, 0.15) is 6.61 Å². The molecule has 0 aromatic carbocycles. The van der Waals surface area contributed by atoms with Gasteiger partial charge in [0.2, 0.25) is 0 Å². The first kappa shape index (κ1) is 19.0. The zero-order valence-electron chi connectivity index (χ0n) is 15.5. The third kappa shape index (κ3) is 5.36.